The number of hydrogen-bond acceptors (Lipinski definition) is 3. The summed E-state index contributed by atoms with van der Waals surface area (Å²) in [7, 11) is 0. The Balaban J connectivity index is 0.000000425. The van der Waals surface area contributed by atoms with Crippen molar-refractivity contribution in [2.24, 2.45) is 0 Å². The second-order valence-electron chi connectivity index (χ2n) is 6.62. The molecule has 149 valence electrons. The van der Waals surface area contributed by atoms with Crippen LogP contribution in [0.15, 0.2) is 66.6 Å². The molecule has 3 nitrogen and oxygen atoms in total. The quantitative estimate of drug-likeness (QED) is 0.237. The third-order valence-electron chi connectivity index (χ3n) is 4.36. The predicted molar refractivity (Wildman–Crippen MR) is 112 cm³/mol. The van der Waals surface area contributed by atoms with Gasteiger partial charge in [-0.05, 0) is 36.4 Å². The summed E-state index contributed by atoms with van der Waals surface area (Å²) in [5, 5.41) is 10.8. The smallest absolute Gasteiger partial charge is 0.155 e. The van der Waals surface area contributed by atoms with E-state index < -0.39 is 0 Å². The number of ketones is 1. The maximum absolute atomic E-state index is 10.0. The maximum Gasteiger partial charge on any atom is 0.155 e. The molecule has 3 aromatic rings. The molecule has 1 atom stereocenters. The monoisotopic (exact) mass is 553 g/mol. The predicted octanol–water partition coefficient (Wildman–Crippen LogP) is 6.25. The van der Waals surface area contributed by atoms with E-state index in [1.54, 1.807) is 0 Å². The van der Waals surface area contributed by atoms with E-state index in [0.717, 1.165) is 17.7 Å². The van der Waals surface area contributed by atoms with E-state index in [9.17, 15) is 4.79 Å². The zero-order valence-corrected chi connectivity index (χ0v) is 19.1. The molecule has 0 bridgehead atoms. The largest absolute Gasteiger partial charge is 0.512 e. The molecule has 0 aliphatic heterocycles. The van der Waals surface area contributed by atoms with E-state index in [-0.39, 0.29) is 31.6 Å². The van der Waals surface area contributed by atoms with E-state index >= 15 is 0 Å². The number of fused-ring (bicyclic) bond motifs is 1. The molecule has 1 radical (unpaired) electrons. The first kappa shape index (κ1) is 23.7. The zero-order valence-electron chi connectivity index (χ0n) is 16.7. The van der Waals surface area contributed by atoms with E-state index in [4.69, 9.17) is 5.11 Å². The van der Waals surface area contributed by atoms with Crippen LogP contribution in [-0.4, -0.2) is 15.9 Å². The van der Waals surface area contributed by atoms with Gasteiger partial charge in [-0.2, -0.15) is 0 Å². The molecule has 0 fully saturated rings. The number of aliphatic hydroxyl groups is 1. The average Bonchev–Trinajstić information content (AvgIpc) is 2.66. The standard InChI is InChI=1S/C19H18N.C5H8O2.Ir/c1-3-14(2)15-8-10-17(11-9-15)19-18-7-5-4-6-16(18)12-13-20-19;1-4(6)3-5(2)7;/h4-10,12-14H,3H2,1-2H3;3,6H,1-2H3;/q-1;;/b;4-3-;. The normalized spacial score (nSPS) is 11.8. The Morgan fingerprint density at radius 1 is 1.18 bits per heavy atom. The van der Waals surface area contributed by atoms with Crippen LogP contribution in [0.1, 0.15) is 45.6 Å². The van der Waals surface area contributed by atoms with Gasteiger partial charge in [0.05, 0.1) is 5.76 Å². The van der Waals surface area contributed by atoms with Crippen molar-refractivity contribution in [1.29, 1.82) is 0 Å². The summed E-state index contributed by atoms with van der Waals surface area (Å²) in [6.07, 6.45) is 4.19. The molecule has 0 aliphatic carbocycles. The molecule has 2 aromatic carbocycles. The fourth-order valence-corrected chi connectivity index (χ4v) is 2.75. The summed E-state index contributed by atoms with van der Waals surface area (Å²) in [6.45, 7) is 7.31. The van der Waals surface area contributed by atoms with Crippen molar-refractivity contribution in [3.05, 3.63) is 78.2 Å². The van der Waals surface area contributed by atoms with Crippen molar-refractivity contribution in [3.8, 4) is 11.3 Å². The van der Waals surface area contributed by atoms with Crippen molar-refractivity contribution in [3.63, 3.8) is 0 Å². The van der Waals surface area contributed by atoms with Crippen LogP contribution >= 0.6 is 0 Å². The SMILES string of the molecule is CC(=O)/C=C(/C)O.CCC(C)c1c[c-]c(-c2nccc3ccccc23)cc1.[Ir]. The minimum Gasteiger partial charge on any atom is -0.512 e. The second-order valence-corrected chi connectivity index (χ2v) is 6.62. The van der Waals surface area contributed by atoms with Gasteiger partial charge in [-0.15, -0.1) is 35.4 Å². The van der Waals surface area contributed by atoms with Crippen molar-refractivity contribution < 1.29 is 30.0 Å². The summed E-state index contributed by atoms with van der Waals surface area (Å²) < 4.78 is 0. The number of carbonyl (C=O) groups excluding carboxylic acids is 1. The summed E-state index contributed by atoms with van der Waals surface area (Å²) >= 11 is 0. The molecule has 0 saturated heterocycles. The minimum atomic E-state index is -0.125. The zero-order chi connectivity index (χ0) is 19.8. The fourth-order valence-electron chi connectivity index (χ4n) is 2.75. The number of carbonyl (C=O) groups is 1. The van der Waals surface area contributed by atoms with Gasteiger partial charge < -0.3 is 10.1 Å². The molecular formula is C24H26IrNO2-. The van der Waals surface area contributed by atoms with Crippen molar-refractivity contribution in [1.82, 2.24) is 4.98 Å². The van der Waals surface area contributed by atoms with Crippen molar-refractivity contribution in [2.75, 3.05) is 0 Å². The summed E-state index contributed by atoms with van der Waals surface area (Å²) in [5.41, 5.74) is 3.42. The Morgan fingerprint density at radius 3 is 2.43 bits per heavy atom. The Bertz CT molecular complexity index is 923. The van der Waals surface area contributed by atoms with E-state index in [0.29, 0.717) is 5.92 Å². The third-order valence-corrected chi connectivity index (χ3v) is 4.36. The van der Waals surface area contributed by atoms with E-state index in [2.05, 4.69) is 67.4 Å². The van der Waals surface area contributed by atoms with Gasteiger partial charge in [0.25, 0.3) is 0 Å². The Morgan fingerprint density at radius 2 is 1.89 bits per heavy atom. The van der Waals surface area contributed by atoms with Crippen LogP contribution in [0, 0.1) is 6.07 Å². The van der Waals surface area contributed by atoms with E-state index in [1.165, 1.54) is 36.3 Å². The van der Waals surface area contributed by atoms with Crippen LogP contribution in [0.5, 0.6) is 0 Å². The summed E-state index contributed by atoms with van der Waals surface area (Å²) in [6, 6.07) is 20.2. The molecule has 0 spiro atoms. The van der Waals surface area contributed by atoms with Crippen LogP contribution in [0.4, 0.5) is 0 Å². The second kappa shape index (κ2) is 11.5. The summed E-state index contributed by atoms with van der Waals surface area (Å²) in [4.78, 5) is 14.6. The van der Waals surface area contributed by atoms with Gasteiger partial charge in [-0.1, -0.05) is 50.5 Å². The fraction of sp³-hybridized carbons (Fsp3) is 0.250. The molecule has 1 aromatic heterocycles. The van der Waals surface area contributed by atoms with Gasteiger partial charge in [0.1, 0.15) is 0 Å². The van der Waals surface area contributed by atoms with Crippen LogP contribution in [0.2, 0.25) is 0 Å². The van der Waals surface area contributed by atoms with Crippen LogP contribution in [0.25, 0.3) is 22.0 Å². The first-order chi connectivity index (χ1) is 12.9. The average molecular weight is 553 g/mol. The van der Waals surface area contributed by atoms with Crippen LogP contribution in [0.3, 0.4) is 0 Å². The van der Waals surface area contributed by atoms with Crippen LogP contribution < -0.4 is 0 Å². The number of benzene rings is 2. The topological polar surface area (TPSA) is 50.2 Å². The number of nitrogens with zero attached hydrogens (tertiary/aromatic N) is 1. The molecule has 0 amide bonds. The third kappa shape index (κ3) is 6.70. The molecule has 0 saturated carbocycles. The molecule has 4 heteroatoms. The number of pyridine rings is 1. The molecule has 0 aliphatic rings. The maximum atomic E-state index is 10.0. The molecule has 3 rings (SSSR count). The van der Waals surface area contributed by atoms with Gasteiger partial charge in [-0.25, -0.2) is 0 Å². The van der Waals surface area contributed by atoms with Gasteiger partial charge in [0.15, 0.2) is 5.78 Å². The number of rotatable bonds is 4. The van der Waals surface area contributed by atoms with Crippen molar-refractivity contribution >= 4 is 16.6 Å². The first-order valence-electron chi connectivity index (χ1n) is 9.16. The van der Waals surface area contributed by atoms with Crippen LogP contribution in [-0.2, 0) is 24.9 Å². The Kier molecular flexibility index (Phi) is 9.78. The van der Waals surface area contributed by atoms with Gasteiger partial charge in [0, 0.05) is 32.4 Å². The van der Waals surface area contributed by atoms with Gasteiger partial charge >= 0.3 is 0 Å². The van der Waals surface area contributed by atoms with Crippen molar-refractivity contribution in [2.45, 2.75) is 40.0 Å². The number of hydrogen-bond donors (Lipinski definition) is 1. The molecule has 1 N–H and O–H groups in total. The Hall–Kier alpha value is -2.29. The molecular weight excluding hydrogens is 526 g/mol. The minimum absolute atomic E-state index is 0. The Labute approximate surface area is 180 Å². The molecule has 1 heterocycles. The van der Waals surface area contributed by atoms with Gasteiger partial charge in [-0.3, -0.25) is 4.79 Å². The van der Waals surface area contributed by atoms with E-state index in [1.807, 2.05) is 12.3 Å². The number of aromatic nitrogens is 1. The summed E-state index contributed by atoms with van der Waals surface area (Å²) in [5.74, 6) is 0.522. The number of aliphatic hydroxyl groups excluding tert-OH is 1. The number of allylic oxidation sites excluding steroid dienone is 2. The molecule has 28 heavy (non-hydrogen) atoms. The first-order valence-corrected chi connectivity index (χ1v) is 9.16. The molecule has 1 unspecified atom stereocenters. The van der Waals surface area contributed by atoms with Gasteiger partial charge in [0.2, 0.25) is 0 Å².